The van der Waals surface area contributed by atoms with Gasteiger partial charge in [0.15, 0.2) is 0 Å². The zero-order valence-corrected chi connectivity index (χ0v) is 21.7. The Hall–Kier alpha value is -4.34. The van der Waals surface area contributed by atoms with Gasteiger partial charge in [-0.25, -0.2) is 14.4 Å². The Morgan fingerprint density at radius 3 is 2.67 bits per heavy atom. The molecule has 8 nitrogen and oxygen atoms in total. The van der Waals surface area contributed by atoms with Gasteiger partial charge >= 0.3 is 0 Å². The Bertz CT molecular complexity index is 1510. The number of carbonyl (C=O) groups excluding carboxylic acids is 1. The van der Waals surface area contributed by atoms with E-state index in [9.17, 15) is 9.90 Å². The summed E-state index contributed by atoms with van der Waals surface area (Å²) in [4.78, 5) is 24.6. The second-order valence-electron chi connectivity index (χ2n) is 9.72. The molecule has 1 amide bonds. The molecule has 3 aromatic carbocycles. The number of piperazine rings is 1. The van der Waals surface area contributed by atoms with Crippen LogP contribution in [-0.4, -0.2) is 64.7 Å². The highest BCUT2D eigenvalue weighted by Crippen LogP contribution is 2.30. The lowest BCUT2D eigenvalue weighted by Crippen LogP contribution is -2.48. The highest BCUT2D eigenvalue weighted by Gasteiger charge is 2.19. The second kappa shape index (κ2) is 11.6. The largest absolute Gasteiger partial charge is 0.392 e. The maximum atomic E-state index is 15.1. The maximum Gasteiger partial charge on any atom is 0.241 e. The van der Waals surface area contributed by atoms with Crippen molar-refractivity contribution in [1.82, 2.24) is 14.9 Å². The monoisotopic (exact) mass is 526 g/mol. The van der Waals surface area contributed by atoms with Crippen molar-refractivity contribution in [3.8, 4) is 11.1 Å². The van der Waals surface area contributed by atoms with Crippen LogP contribution in [0.2, 0.25) is 0 Å². The molecule has 4 aromatic rings. The van der Waals surface area contributed by atoms with Crippen molar-refractivity contribution in [2.24, 2.45) is 5.73 Å². The number of primary amides is 1. The van der Waals surface area contributed by atoms with Gasteiger partial charge in [-0.05, 0) is 48.4 Å². The van der Waals surface area contributed by atoms with Crippen LogP contribution in [0.3, 0.4) is 0 Å². The third-order valence-electron chi connectivity index (χ3n) is 6.71. The minimum atomic E-state index is -0.510. The first kappa shape index (κ1) is 26.3. The fourth-order valence-corrected chi connectivity index (χ4v) is 4.82. The van der Waals surface area contributed by atoms with Crippen molar-refractivity contribution >= 4 is 40.2 Å². The summed E-state index contributed by atoms with van der Waals surface area (Å²) in [7, 11) is 0. The number of aliphatic hydroxyl groups is 1. The number of hydrogen-bond acceptors (Lipinski definition) is 7. The summed E-state index contributed by atoms with van der Waals surface area (Å²) in [5.74, 6) is -0.604. The van der Waals surface area contributed by atoms with E-state index in [2.05, 4.69) is 20.1 Å². The van der Waals surface area contributed by atoms with Crippen molar-refractivity contribution < 1.29 is 14.3 Å². The van der Waals surface area contributed by atoms with Crippen molar-refractivity contribution in [2.75, 3.05) is 42.9 Å². The zero-order chi connectivity index (χ0) is 27.4. The molecule has 1 atom stereocenters. The van der Waals surface area contributed by atoms with Gasteiger partial charge in [-0.3, -0.25) is 9.69 Å². The summed E-state index contributed by atoms with van der Waals surface area (Å²) >= 11 is 0. The van der Waals surface area contributed by atoms with Crippen LogP contribution in [0.25, 0.3) is 28.1 Å². The summed E-state index contributed by atoms with van der Waals surface area (Å²) in [6, 6.07) is 18.7. The number of halogens is 1. The van der Waals surface area contributed by atoms with E-state index in [-0.39, 0.29) is 17.9 Å². The van der Waals surface area contributed by atoms with E-state index in [0.29, 0.717) is 12.2 Å². The summed E-state index contributed by atoms with van der Waals surface area (Å²) in [6.45, 7) is 5.63. The molecular formula is C30H31FN6O2. The molecule has 1 unspecified atom stereocenters. The topological polar surface area (TPSA) is 108 Å². The summed E-state index contributed by atoms with van der Waals surface area (Å²) in [6.07, 6.45) is 4.35. The molecule has 4 N–H and O–H groups in total. The predicted octanol–water partition coefficient (Wildman–Crippen LogP) is 4.18. The van der Waals surface area contributed by atoms with E-state index in [1.54, 1.807) is 25.3 Å². The van der Waals surface area contributed by atoms with Gasteiger partial charge in [-0.15, -0.1) is 0 Å². The molecule has 0 aliphatic carbocycles. The molecule has 1 saturated heterocycles. The molecule has 1 aliphatic rings. The number of aromatic nitrogens is 2. The summed E-state index contributed by atoms with van der Waals surface area (Å²) < 4.78 is 15.1. The molecular weight excluding hydrogens is 495 g/mol. The first-order valence-electron chi connectivity index (χ1n) is 12.9. The second-order valence-corrected chi connectivity index (χ2v) is 9.72. The Morgan fingerprint density at radius 1 is 1.13 bits per heavy atom. The molecule has 0 spiro atoms. The number of carbonyl (C=O) groups is 1. The lowest BCUT2D eigenvalue weighted by molar-refractivity contribution is -0.113. The van der Waals surface area contributed by atoms with E-state index in [4.69, 9.17) is 10.7 Å². The number of fused-ring (bicyclic) bond motifs is 1. The van der Waals surface area contributed by atoms with Gasteiger partial charge in [0.1, 0.15) is 5.82 Å². The first-order valence-corrected chi connectivity index (χ1v) is 12.9. The number of para-hydroxylation sites is 1. The number of nitrogens with two attached hydrogens (primary N) is 1. The van der Waals surface area contributed by atoms with Crippen molar-refractivity contribution in [3.63, 3.8) is 0 Å². The SMILES string of the molecule is CC(O)CN1CCN(c2ccc(Nc3ncc4cccc(-c5cccc(C=CC(N)=O)c5)c4n3)c(F)c2)CC1. The summed E-state index contributed by atoms with van der Waals surface area (Å²) in [5.41, 5.74) is 9.71. The molecule has 200 valence electrons. The zero-order valence-electron chi connectivity index (χ0n) is 21.7. The minimum absolute atomic E-state index is 0.290. The Morgan fingerprint density at radius 2 is 1.92 bits per heavy atom. The van der Waals surface area contributed by atoms with Crippen LogP contribution in [0, 0.1) is 5.82 Å². The highest BCUT2D eigenvalue weighted by molar-refractivity contribution is 5.95. The van der Waals surface area contributed by atoms with Gasteiger partial charge in [0.05, 0.1) is 17.3 Å². The Balaban J connectivity index is 1.36. The number of benzene rings is 3. The summed E-state index contributed by atoms with van der Waals surface area (Å²) in [5, 5.41) is 13.5. The number of nitrogens with zero attached hydrogens (tertiary/aromatic N) is 4. The quantitative estimate of drug-likeness (QED) is 0.296. The van der Waals surface area contributed by atoms with Crippen LogP contribution >= 0.6 is 0 Å². The average molecular weight is 527 g/mol. The molecule has 1 aromatic heterocycles. The molecule has 2 heterocycles. The van der Waals surface area contributed by atoms with E-state index >= 15 is 4.39 Å². The maximum absolute atomic E-state index is 15.1. The van der Waals surface area contributed by atoms with Gasteiger partial charge in [0.25, 0.3) is 0 Å². The Kier molecular flexibility index (Phi) is 7.81. The fraction of sp³-hybridized carbons (Fsp3) is 0.233. The first-order chi connectivity index (χ1) is 18.9. The van der Waals surface area contributed by atoms with Gasteiger partial charge in [-0.2, -0.15) is 0 Å². The van der Waals surface area contributed by atoms with E-state index in [1.165, 1.54) is 12.1 Å². The molecule has 1 aliphatic heterocycles. The minimum Gasteiger partial charge on any atom is -0.392 e. The van der Waals surface area contributed by atoms with Crippen LogP contribution in [-0.2, 0) is 4.79 Å². The molecule has 0 saturated carbocycles. The van der Waals surface area contributed by atoms with E-state index < -0.39 is 5.91 Å². The molecule has 9 heteroatoms. The van der Waals surface area contributed by atoms with Crippen molar-refractivity contribution in [1.29, 1.82) is 0 Å². The molecule has 39 heavy (non-hydrogen) atoms. The van der Waals surface area contributed by atoms with E-state index in [0.717, 1.165) is 59.5 Å². The van der Waals surface area contributed by atoms with E-state index in [1.807, 2.05) is 48.5 Å². The van der Waals surface area contributed by atoms with Crippen LogP contribution in [0.1, 0.15) is 12.5 Å². The number of nitrogens with one attached hydrogen (secondary N) is 1. The number of aliphatic hydroxyl groups excluding tert-OH is 1. The number of anilines is 3. The third-order valence-corrected chi connectivity index (χ3v) is 6.71. The lowest BCUT2D eigenvalue weighted by atomic mass is 10.0. The van der Waals surface area contributed by atoms with Gasteiger partial charge in [0.2, 0.25) is 11.9 Å². The van der Waals surface area contributed by atoms with Crippen molar-refractivity contribution in [3.05, 3.63) is 84.3 Å². The molecule has 5 rings (SSSR count). The van der Waals surface area contributed by atoms with Gasteiger partial charge in [-0.1, -0.05) is 36.4 Å². The number of rotatable bonds is 8. The lowest BCUT2D eigenvalue weighted by Gasteiger charge is -2.36. The molecule has 1 fully saturated rings. The van der Waals surface area contributed by atoms with Crippen molar-refractivity contribution in [2.45, 2.75) is 13.0 Å². The molecule has 0 radical (unpaired) electrons. The fourth-order valence-electron chi connectivity index (χ4n) is 4.82. The van der Waals surface area contributed by atoms with Gasteiger partial charge in [0, 0.05) is 61.6 Å². The number of amides is 1. The van der Waals surface area contributed by atoms with Crippen LogP contribution in [0.5, 0.6) is 0 Å². The normalized spacial score (nSPS) is 15.1. The Labute approximate surface area is 226 Å². The number of β-amino-alcohol motifs (C(OH)–C–C–N with tert-alkyl or cyclic N) is 1. The van der Waals surface area contributed by atoms with Crippen LogP contribution < -0.4 is 16.0 Å². The smallest absolute Gasteiger partial charge is 0.241 e. The van der Waals surface area contributed by atoms with Gasteiger partial charge < -0.3 is 21.1 Å². The standard InChI is InChI=1S/C30H31FN6O2/c1-20(38)19-36-12-14-37(15-13-36)24-9-10-27(26(31)17-24)34-30-33-18-23-6-3-7-25(29(23)35-30)22-5-2-4-21(16-22)8-11-28(32)39/h2-11,16-18,20,38H,12-15,19H2,1H3,(H2,32,39)(H,33,34,35). The predicted molar refractivity (Wildman–Crippen MR) is 153 cm³/mol. The van der Waals surface area contributed by atoms with Crippen LogP contribution in [0.15, 0.2) is 72.9 Å². The highest BCUT2D eigenvalue weighted by atomic mass is 19.1. The molecule has 0 bridgehead atoms. The van der Waals surface area contributed by atoms with Crippen LogP contribution in [0.4, 0.5) is 21.7 Å². The number of hydrogen-bond donors (Lipinski definition) is 3. The third kappa shape index (κ3) is 6.39. The average Bonchev–Trinajstić information content (AvgIpc) is 2.93.